The molecular formula is C16H20N2O4S. The van der Waals surface area contributed by atoms with Crippen molar-refractivity contribution in [3.8, 4) is 0 Å². The number of carbonyl (C=O) groups excluding carboxylic acids is 1. The van der Waals surface area contributed by atoms with Crippen molar-refractivity contribution in [3.63, 3.8) is 0 Å². The Hall–Kier alpha value is -2.15. The molecule has 0 fully saturated rings. The van der Waals surface area contributed by atoms with E-state index in [0.29, 0.717) is 18.0 Å². The van der Waals surface area contributed by atoms with Crippen LogP contribution >= 0.6 is 0 Å². The van der Waals surface area contributed by atoms with Gasteiger partial charge in [0.25, 0.3) is 0 Å². The normalized spacial score (nSPS) is 12.8. The number of nitrogens with one attached hydrogen (secondary N) is 1. The monoisotopic (exact) mass is 336 g/mol. The van der Waals surface area contributed by atoms with Gasteiger partial charge in [-0.2, -0.15) is 0 Å². The highest BCUT2D eigenvalue weighted by Crippen LogP contribution is 2.12. The van der Waals surface area contributed by atoms with Crippen molar-refractivity contribution < 1.29 is 17.7 Å². The van der Waals surface area contributed by atoms with Crippen molar-refractivity contribution in [2.24, 2.45) is 0 Å². The molecule has 1 N–H and O–H groups in total. The molecule has 1 heterocycles. The number of benzene rings is 1. The Balaban J connectivity index is 1.96. The lowest BCUT2D eigenvalue weighted by atomic mass is 10.1. The Kier molecular flexibility index (Phi) is 5.20. The highest BCUT2D eigenvalue weighted by atomic mass is 32.2. The van der Waals surface area contributed by atoms with Gasteiger partial charge in [-0.1, -0.05) is 35.0 Å². The van der Waals surface area contributed by atoms with Crippen LogP contribution < -0.4 is 5.32 Å². The molecule has 0 aliphatic heterocycles. The molecule has 0 radical (unpaired) electrons. The van der Waals surface area contributed by atoms with Crippen LogP contribution in [0.1, 0.15) is 29.5 Å². The summed E-state index contributed by atoms with van der Waals surface area (Å²) in [5, 5.41) is 5.16. The Labute approximate surface area is 135 Å². The zero-order chi connectivity index (χ0) is 17.0. The first-order valence-corrected chi connectivity index (χ1v) is 8.96. The SMILES string of the molecule is Cc1ccc(CNC(=O)[C@H](C)S(=O)(=O)Cc2cc(C)on2)cc1. The first kappa shape index (κ1) is 17.2. The summed E-state index contributed by atoms with van der Waals surface area (Å²) in [7, 11) is -3.64. The zero-order valence-electron chi connectivity index (χ0n) is 13.4. The molecule has 0 spiro atoms. The molecule has 124 valence electrons. The van der Waals surface area contributed by atoms with Crippen molar-refractivity contribution >= 4 is 15.7 Å². The van der Waals surface area contributed by atoms with Gasteiger partial charge in [-0.15, -0.1) is 0 Å². The van der Waals surface area contributed by atoms with E-state index in [9.17, 15) is 13.2 Å². The summed E-state index contributed by atoms with van der Waals surface area (Å²) >= 11 is 0. The van der Waals surface area contributed by atoms with E-state index >= 15 is 0 Å². The highest BCUT2D eigenvalue weighted by molar-refractivity contribution is 7.92. The number of amides is 1. The summed E-state index contributed by atoms with van der Waals surface area (Å²) in [6, 6.07) is 9.22. The van der Waals surface area contributed by atoms with Crippen LogP contribution in [0.3, 0.4) is 0 Å². The third-order valence-electron chi connectivity index (χ3n) is 3.52. The molecule has 1 aromatic carbocycles. The summed E-state index contributed by atoms with van der Waals surface area (Å²) in [5.74, 6) is -0.304. The molecule has 2 rings (SSSR count). The minimum Gasteiger partial charge on any atom is -0.361 e. The molecule has 1 aromatic heterocycles. The molecule has 6 nitrogen and oxygen atoms in total. The maximum atomic E-state index is 12.3. The molecule has 2 aromatic rings. The standard InChI is InChI=1S/C16H20N2O4S/c1-11-4-6-14(7-5-11)9-17-16(19)13(3)23(20,21)10-15-8-12(2)22-18-15/h4-8,13H,9-10H2,1-3H3,(H,17,19)/t13-/m0/s1. The molecule has 1 atom stereocenters. The minimum atomic E-state index is -3.64. The van der Waals surface area contributed by atoms with Gasteiger partial charge in [-0.05, 0) is 26.3 Å². The van der Waals surface area contributed by atoms with E-state index in [2.05, 4.69) is 10.5 Å². The van der Waals surface area contributed by atoms with Crippen LogP contribution in [0.25, 0.3) is 0 Å². The average Bonchev–Trinajstić information content (AvgIpc) is 2.90. The molecule has 0 aliphatic rings. The van der Waals surface area contributed by atoms with E-state index in [1.165, 1.54) is 6.92 Å². The predicted octanol–water partition coefficient (Wildman–Crippen LogP) is 1.91. The largest absolute Gasteiger partial charge is 0.361 e. The van der Waals surface area contributed by atoms with Gasteiger partial charge in [0, 0.05) is 12.6 Å². The second kappa shape index (κ2) is 6.95. The topological polar surface area (TPSA) is 89.3 Å². The number of aryl methyl sites for hydroxylation is 2. The molecule has 0 bridgehead atoms. The molecule has 23 heavy (non-hydrogen) atoms. The van der Waals surface area contributed by atoms with Gasteiger partial charge in [-0.3, -0.25) is 4.79 Å². The van der Waals surface area contributed by atoms with Gasteiger partial charge in [0.05, 0.1) is 11.4 Å². The van der Waals surface area contributed by atoms with Crippen molar-refractivity contribution in [3.05, 3.63) is 52.9 Å². The van der Waals surface area contributed by atoms with E-state index in [-0.39, 0.29) is 5.75 Å². The molecule has 0 unspecified atom stereocenters. The first-order chi connectivity index (χ1) is 10.8. The van der Waals surface area contributed by atoms with Gasteiger partial charge in [-0.25, -0.2) is 8.42 Å². The lowest BCUT2D eigenvalue weighted by molar-refractivity contribution is -0.120. The lowest BCUT2D eigenvalue weighted by Crippen LogP contribution is -2.38. The van der Waals surface area contributed by atoms with E-state index in [4.69, 9.17) is 4.52 Å². The third-order valence-corrected chi connectivity index (χ3v) is 5.51. The number of hydrogen-bond acceptors (Lipinski definition) is 5. The maximum absolute atomic E-state index is 12.3. The molecular weight excluding hydrogens is 316 g/mol. The number of hydrogen-bond donors (Lipinski definition) is 1. The lowest BCUT2D eigenvalue weighted by Gasteiger charge is -2.12. The number of sulfone groups is 1. The summed E-state index contributed by atoms with van der Waals surface area (Å²) in [5.41, 5.74) is 2.35. The van der Waals surface area contributed by atoms with Crippen molar-refractivity contribution in [1.29, 1.82) is 0 Å². The second-order valence-corrected chi connectivity index (χ2v) is 7.90. The number of nitrogens with zero attached hydrogens (tertiary/aromatic N) is 1. The van der Waals surface area contributed by atoms with Crippen LogP contribution in [0.2, 0.25) is 0 Å². The van der Waals surface area contributed by atoms with E-state index in [0.717, 1.165) is 11.1 Å². The Morgan fingerprint density at radius 3 is 2.48 bits per heavy atom. The van der Waals surface area contributed by atoms with Crippen molar-refractivity contribution in [2.75, 3.05) is 0 Å². The van der Waals surface area contributed by atoms with Crippen molar-refractivity contribution in [2.45, 2.75) is 38.3 Å². The molecule has 1 amide bonds. The van der Waals surface area contributed by atoms with Crippen LogP contribution in [0, 0.1) is 13.8 Å². The quantitative estimate of drug-likeness (QED) is 0.870. The Morgan fingerprint density at radius 2 is 1.91 bits per heavy atom. The minimum absolute atomic E-state index is 0.294. The highest BCUT2D eigenvalue weighted by Gasteiger charge is 2.29. The number of carbonyl (C=O) groups is 1. The fraction of sp³-hybridized carbons (Fsp3) is 0.375. The molecule has 0 saturated heterocycles. The smallest absolute Gasteiger partial charge is 0.238 e. The fourth-order valence-electron chi connectivity index (χ4n) is 2.02. The number of rotatable bonds is 6. The van der Waals surface area contributed by atoms with Crippen LogP contribution in [-0.4, -0.2) is 24.7 Å². The number of aromatic nitrogens is 1. The predicted molar refractivity (Wildman–Crippen MR) is 86.4 cm³/mol. The first-order valence-electron chi connectivity index (χ1n) is 7.25. The van der Waals surface area contributed by atoms with Gasteiger partial charge in [0.2, 0.25) is 5.91 Å². The van der Waals surface area contributed by atoms with Gasteiger partial charge < -0.3 is 9.84 Å². The summed E-state index contributed by atoms with van der Waals surface area (Å²) < 4.78 is 29.4. The van der Waals surface area contributed by atoms with Crippen LogP contribution in [-0.2, 0) is 26.9 Å². The summed E-state index contributed by atoms with van der Waals surface area (Å²) in [6.45, 7) is 5.33. The molecule has 0 saturated carbocycles. The van der Waals surface area contributed by atoms with E-state index in [1.807, 2.05) is 31.2 Å². The van der Waals surface area contributed by atoms with Crippen LogP contribution in [0.4, 0.5) is 0 Å². The summed E-state index contributed by atoms with van der Waals surface area (Å²) in [6.07, 6.45) is 0. The van der Waals surface area contributed by atoms with E-state index in [1.54, 1.807) is 13.0 Å². The molecule has 7 heteroatoms. The molecule has 0 aliphatic carbocycles. The second-order valence-electron chi connectivity index (χ2n) is 5.58. The van der Waals surface area contributed by atoms with Gasteiger partial charge >= 0.3 is 0 Å². The zero-order valence-corrected chi connectivity index (χ0v) is 14.2. The maximum Gasteiger partial charge on any atom is 0.238 e. The summed E-state index contributed by atoms with van der Waals surface area (Å²) in [4.78, 5) is 12.1. The van der Waals surface area contributed by atoms with Gasteiger partial charge in [0.15, 0.2) is 9.84 Å². The third kappa shape index (κ3) is 4.66. The van der Waals surface area contributed by atoms with Crippen LogP contribution in [0.5, 0.6) is 0 Å². The Bertz CT molecular complexity index is 779. The Morgan fingerprint density at radius 1 is 1.26 bits per heavy atom. The fourth-order valence-corrected chi connectivity index (χ4v) is 3.23. The van der Waals surface area contributed by atoms with Gasteiger partial charge in [0.1, 0.15) is 11.0 Å². The average molecular weight is 336 g/mol. The van der Waals surface area contributed by atoms with Crippen LogP contribution in [0.15, 0.2) is 34.9 Å². The van der Waals surface area contributed by atoms with E-state index < -0.39 is 21.0 Å². The van der Waals surface area contributed by atoms with Crippen molar-refractivity contribution in [1.82, 2.24) is 10.5 Å².